The number of nitrogens with one attached hydrogen (secondary N) is 1. The monoisotopic (exact) mass is 667 g/mol. The Bertz CT molecular complexity index is 1780. The number of β-lactam (4-membered cyclic amide) rings is 1. The van der Waals surface area contributed by atoms with Crippen LogP contribution < -0.4 is 10.2 Å². The number of aryl methyl sites for hydroxylation is 2. The molecule has 248 valence electrons. The number of rotatable bonds is 7. The van der Waals surface area contributed by atoms with Crippen molar-refractivity contribution in [3.8, 4) is 0 Å². The summed E-state index contributed by atoms with van der Waals surface area (Å²) in [6.07, 6.45) is 2.26. The number of thioether (sulfide) groups is 1. The fourth-order valence-corrected chi connectivity index (χ4v) is 7.25. The van der Waals surface area contributed by atoms with Gasteiger partial charge in [-0.2, -0.15) is 0 Å². The Morgan fingerprint density at radius 1 is 1.02 bits per heavy atom. The molecule has 1 N–H and O–H groups in total. The molecule has 3 aliphatic rings. The van der Waals surface area contributed by atoms with Crippen molar-refractivity contribution < 1.29 is 28.7 Å². The molecule has 0 bridgehead atoms. The molecule has 6 rings (SSSR count). The van der Waals surface area contributed by atoms with Crippen LogP contribution in [0.3, 0.4) is 0 Å². The first-order valence-electron chi connectivity index (χ1n) is 15.7. The highest BCUT2D eigenvalue weighted by molar-refractivity contribution is 8.00. The molecule has 0 aliphatic carbocycles. The number of esters is 1. The third kappa shape index (κ3) is 6.70. The van der Waals surface area contributed by atoms with Gasteiger partial charge in [0, 0.05) is 17.9 Å². The van der Waals surface area contributed by atoms with E-state index in [0.717, 1.165) is 16.8 Å². The molecule has 0 saturated carbocycles. The van der Waals surface area contributed by atoms with E-state index in [2.05, 4.69) is 15.3 Å². The number of aromatic nitrogens is 2. The first kappa shape index (κ1) is 33.0. The van der Waals surface area contributed by atoms with Crippen molar-refractivity contribution in [2.45, 2.75) is 64.2 Å². The van der Waals surface area contributed by atoms with Gasteiger partial charge in [0.2, 0.25) is 0 Å². The summed E-state index contributed by atoms with van der Waals surface area (Å²) in [6, 6.07) is 17.8. The molecule has 3 amide bonds. The lowest BCUT2D eigenvalue weighted by molar-refractivity contribution is -0.153. The number of carbonyl (C=O) groups excluding carboxylic acids is 4. The predicted molar refractivity (Wildman–Crippen MR) is 181 cm³/mol. The zero-order chi connectivity index (χ0) is 34.2. The van der Waals surface area contributed by atoms with Gasteiger partial charge in [-0.25, -0.2) is 14.6 Å². The standard InChI is InChI=1S/C36H37N5O6S/c1-21-19-37-30(22(2)38-21)40-17-16-25(31(40)42)18-26-20-48-33-27(39-35(45)47-36(3,4)5)32(43)41(33)28(26)34(44)46-29(23-12-8-6-9-13-23)24-14-10-7-11-15-24/h6-15,18-19,27,29,33H,16-17,20H2,1-5H3,(H,39,45)/t27-,33-/m1/s1. The topological polar surface area (TPSA) is 131 Å². The molecule has 2 aromatic carbocycles. The van der Waals surface area contributed by atoms with E-state index in [0.29, 0.717) is 41.4 Å². The van der Waals surface area contributed by atoms with Crippen LogP contribution in [0.25, 0.3) is 0 Å². The number of amides is 3. The van der Waals surface area contributed by atoms with Crippen molar-refractivity contribution >= 4 is 41.5 Å². The van der Waals surface area contributed by atoms with Gasteiger partial charge in [-0.15, -0.1) is 11.8 Å². The molecule has 0 unspecified atom stereocenters. The maximum absolute atomic E-state index is 14.3. The van der Waals surface area contributed by atoms with Crippen LogP contribution in [0.4, 0.5) is 10.6 Å². The van der Waals surface area contributed by atoms with E-state index in [1.807, 2.05) is 74.5 Å². The van der Waals surface area contributed by atoms with E-state index in [4.69, 9.17) is 9.47 Å². The van der Waals surface area contributed by atoms with Crippen LogP contribution in [-0.2, 0) is 23.9 Å². The van der Waals surface area contributed by atoms with Crippen LogP contribution in [-0.4, -0.2) is 68.1 Å². The third-order valence-electron chi connectivity index (χ3n) is 8.06. The highest BCUT2D eigenvalue weighted by atomic mass is 32.2. The van der Waals surface area contributed by atoms with E-state index in [9.17, 15) is 19.2 Å². The number of allylic oxidation sites excluding steroid dienone is 1. The molecule has 3 aromatic rings. The van der Waals surface area contributed by atoms with Gasteiger partial charge in [-0.3, -0.25) is 24.4 Å². The summed E-state index contributed by atoms with van der Waals surface area (Å²) in [5, 5.41) is 2.10. The molecule has 4 heterocycles. The van der Waals surface area contributed by atoms with Crippen LogP contribution in [0.5, 0.6) is 0 Å². The fourth-order valence-electron chi connectivity index (χ4n) is 5.94. The van der Waals surface area contributed by atoms with E-state index in [1.165, 1.54) is 16.7 Å². The summed E-state index contributed by atoms with van der Waals surface area (Å²) in [7, 11) is 0. The average Bonchev–Trinajstić information content (AvgIpc) is 3.41. The quantitative estimate of drug-likeness (QED) is 0.207. The first-order valence-corrected chi connectivity index (χ1v) is 16.8. The fraction of sp³-hybridized carbons (Fsp3) is 0.333. The van der Waals surface area contributed by atoms with Gasteiger partial charge in [0.25, 0.3) is 11.8 Å². The summed E-state index contributed by atoms with van der Waals surface area (Å²) in [6.45, 7) is 9.27. The number of ether oxygens (including phenoxy) is 2. The van der Waals surface area contributed by atoms with E-state index in [-0.39, 0.29) is 11.6 Å². The normalized spacial score (nSPS) is 20.2. The zero-order valence-electron chi connectivity index (χ0n) is 27.4. The zero-order valence-corrected chi connectivity index (χ0v) is 28.2. The van der Waals surface area contributed by atoms with Gasteiger partial charge in [0.15, 0.2) is 11.9 Å². The second-order valence-electron chi connectivity index (χ2n) is 12.8. The lowest BCUT2D eigenvalue weighted by Crippen LogP contribution is -2.70. The number of carbonyl (C=O) groups is 4. The van der Waals surface area contributed by atoms with Crippen molar-refractivity contribution in [3.63, 3.8) is 0 Å². The van der Waals surface area contributed by atoms with Crippen LogP contribution in [0.2, 0.25) is 0 Å². The number of hydrogen-bond acceptors (Lipinski definition) is 9. The molecule has 12 heteroatoms. The van der Waals surface area contributed by atoms with Crippen LogP contribution in [0.15, 0.2) is 89.8 Å². The van der Waals surface area contributed by atoms with Crippen molar-refractivity contribution in [1.82, 2.24) is 20.2 Å². The lowest BCUT2D eigenvalue weighted by atomic mass is 10.00. The Kier molecular flexibility index (Phi) is 9.11. The van der Waals surface area contributed by atoms with Crippen LogP contribution >= 0.6 is 11.8 Å². The highest BCUT2D eigenvalue weighted by Gasteiger charge is 2.55. The van der Waals surface area contributed by atoms with E-state index >= 15 is 0 Å². The molecule has 48 heavy (non-hydrogen) atoms. The molecule has 2 fully saturated rings. The Morgan fingerprint density at radius 3 is 2.27 bits per heavy atom. The molecule has 0 spiro atoms. The van der Waals surface area contributed by atoms with Gasteiger partial charge in [-0.05, 0) is 63.8 Å². The largest absolute Gasteiger partial charge is 0.448 e. The first-order chi connectivity index (χ1) is 22.9. The van der Waals surface area contributed by atoms with Gasteiger partial charge < -0.3 is 14.8 Å². The van der Waals surface area contributed by atoms with Gasteiger partial charge in [0.1, 0.15) is 22.7 Å². The van der Waals surface area contributed by atoms with E-state index in [1.54, 1.807) is 37.9 Å². The molecule has 2 saturated heterocycles. The van der Waals surface area contributed by atoms with Gasteiger partial charge >= 0.3 is 12.1 Å². The summed E-state index contributed by atoms with van der Waals surface area (Å²) in [5.41, 5.74) is 3.18. The molecule has 0 radical (unpaired) electrons. The van der Waals surface area contributed by atoms with Gasteiger partial charge in [-0.1, -0.05) is 60.7 Å². The average molecular weight is 668 g/mol. The number of nitrogens with zero attached hydrogens (tertiary/aromatic N) is 4. The van der Waals surface area contributed by atoms with Crippen molar-refractivity contribution in [1.29, 1.82) is 0 Å². The Morgan fingerprint density at radius 2 is 1.67 bits per heavy atom. The van der Waals surface area contributed by atoms with E-state index < -0.39 is 41.1 Å². The van der Waals surface area contributed by atoms with Crippen LogP contribution in [0, 0.1) is 13.8 Å². The summed E-state index contributed by atoms with van der Waals surface area (Å²) >= 11 is 1.39. The number of benzene rings is 2. The molecular weight excluding hydrogens is 630 g/mol. The number of hydrogen-bond donors (Lipinski definition) is 1. The maximum atomic E-state index is 14.3. The van der Waals surface area contributed by atoms with Gasteiger partial charge in [0.05, 0.1) is 17.6 Å². The second-order valence-corrected chi connectivity index (χ2v) is 13.9. The minimum absolute atomic E-state index is 0.0490. The summed E-state index contributed by atoms with van der Waals surface area (Å²) < 4.78 is 11.6. The minimum Gasteiger partial charge on any atom is -0.448 e. The molecule has 11 nitrogen and oxygen atoms in total. The molecule has 3 aliphatic heterocycles. The second kappa shape index (κ2) is 13.3. The number of anilines is 1. The lowest BCUT2D eigenvalue weighted by Gasteiger charge is -2.49. The van der Waals surface area contributed by atoms with Crippen molar-refractivity contribution in [2.24, 2.45) is 0 Å². The van der Waals surface area contributed by atoms with Crippen LogP contribution in [0.1, 0.15) is 55.8 Å². The summed E-state index contributed by atoms with van der Waals surface area (Å²) in [4.78, 5) is 66.1. The third-order valence-corrected chi connectivity index (χ3v) is 9.37. The Labute approximate surface area is 283 Å². The Hall–Kier alpha value is -4.97. The molecular formula is C36H37N5O6S. The number of fused-ring (bicyclic) bond motifs is 1. The van der Waals surface area contributed by atoms with Crippen molar-refractivity contribution in [3.05, 3.63) is 112 Å². The molecule has 1 aromatic heterocycles. The summed E-state index contributed by atoms with van der Waals surface area (Å²) in [5.74, 6) is -0.636. The minimum atomic E-state index is -0.896. The highest BCUT2D eigenvalue weighted by Crippen LogP contribution is 2.43. The number of alkyl carbamates (subject to hydrolysis) is 1. The maximum Gasteiger partial charge on any atom is 0.408 e. The Balaban J connectivity index is 1.35. The predicted octanol–water partition coefficient (Wildman–Crippen LogP) is 5.15. The smallest absolute Gasteiger partial charge is 0.408 e. The molecule has 2 atom stereocenters. The SMILES string of the molecule is Cc1cnc(N2CCC(=CC3=C(C(=O)OC(c4ccccc4)c4ccccc4)N4C(=O)[C@@H](NC(=O)OC(C)(C)C)[C@H]4SC3)C2=O)c(C)n1. The van der Waals surface area contributed by atoms with Crippen molar-refractivity contribution in [2.75, 3.05) is 17.2 Å².